The number of alkyl halides is 3. The van der Waals surface area contributed by atoms with Crippen molar-refractivity contribution >= 4 is 23.5 Å². The Morgan fingerprint density at radius 2 is 1.71 bits per heavy atom. The molecule has 0 saturated carbocycles. The van der Waals surface area contributed by atoms with Gasteiger partial charge in [-0.2, -0.15) is 18.3 Å². The summed E-state index contributed by atoms with van der Waals surface area (Å²) >= 11 is 0. The molecule has 38 heavy (non-hydrogen) atoms. The molecule has 0 bridgehead atoms. The summed E-state index contributed by atoms with van der Waals surface area (Å²) in [6, 6.07) is 12.3. The molecule has 0 spiro atoms. The Morgan fingerprint density at radius 3 is 2.29 bits per heavy atom. The van der Waals surface area contributed by atoms with Crippen LogP contribution < -0.4 is 10.1 Å². The fourth-order valence-corrected chi connectivity index (χ4v) is 3.75. The van der Waals surface area contributed by atoms with Crippen LogP contribution in [0.2, 0.25) is 0 Å². The quantitative estimate of drug-likeness (QED) is 0.349. The van der Waals surface area contributed by atoms with Crippen LogP contribution in [0.15, 0.2) is 48.5 Å². The number of amides is 1. The fourth-order valence-electron chi connectivity index (χ4n) is 3.75. The number of benzene rings is 2. The minimum absolute atomic E-state index is 0.00207. The summed E-state index contributed by atoms with van der Waals surface area (Å²) < 4.78 is 50.3. The zero-order chi connectivity index (χ0) is 27.9. The molecule has 2 aromatic carbocycles. The van der Waals surface area contributed by atoms with Crippen molar-refractivity contribution in [3.8, 4) is 5.88 Å². The number of carbonyl (C=O) groups excluding carboxylic acids is 2. The van der Waals surface area contributed by atoms with Gasteiger partial charge in [-0.15, -0.1) is 0 Å². The van der Waals surface area contributed by atoms with E-state index in [1.165, 1.54) is 18.2 Å². The third-order valence-corrected chi connectivity index (χ3v) is 5.45. The lowest BCUT2D eigenvalue weighted by atomic mass is 10.0. The molecule has 0 atom stereocenters. The molecule has 202 valence electrons. The zero-order valence-corrected chi connectivity index (χ0v) is 20.7. The van der Waals surface area contributed by atoms with Crippen molar-refractivity contribution in [1.29, 1.82) is 0 Å². The predicted molar refractivity (Wildman–Crippen MR) is 130 cm³/mol. The number of aromatic nitrogens is 2. The van der Waals surface area contributed by atoms with E-state index < -0.39 is 37.2 Å². The average molecular weight is 534 g/mol. The van der Waals surface area contributed by atoms with Gasteiger partial charge in [-0.05, 0) is 36.2 Å². The topological polar surface area (TPSA) is 120 Å². The normalized spacial score (nSPS) is 11.2. The average Bonchev–Trinajstić information content (AvgIpc) is 3.17. The van der Waals surface area contributed by atoms with E-state index in [0.717, 1.165) is 7.11 Å². The van der Waals surface area contributed by atoms with Gasteiger partial charge in [0.05, 0.1) is 23.9 Å². The van der Waals surface area contributed by atoms with Gasteiger partial charge in [0.25, 0.3) is 5.91 Å². The molecule has 0 aliphatic heterocycles. The first-order valence-electron chi connectivity index (χ1n) is 11.6. The van der Waals surface area contributed by atoms with E-state index >= 15 is 0 Å². The van der Waals surface area contributed by atoms with E-state index in [9.17, 15) is 32.7 Å². The number of carbonyl (C=O) groups is 3. The van der Waals surface area contributed by atoms with Crippen molar-refractivity contribution in [1.82, 2.24) is 9.78 Å². The largest absolute Gasteiger partial charge is 0.478 e. The number of hydrogen-bond donors (Lipinski definition) is 2. The van der Waals surface area contributed by atoms with Crippen molar-refractivity contribution < 1.29 is 42.1 Å². The molecule has 1 aromatic heterocycles. The summed E-state index contributed by atoms with van der Waals surface area (Å²) in [6.45, 7) is -0.105. The first-order chi connectivity index (χ1) is 18.0. The van der Waals surface area contributed by atoms with Crippen LogP contribution in [0.1, 0.15) is 50.9 Å². The van der Waals surface area contributed by atoms with Gasteiger partial charge in [0, 0.05) is 17.7 Å². The van der Waals surface area contributed by atoms with E-state index in [1.54, 1.807) is 30.3 Å². The Morgan fingerprint density at radius 1 is 1.05 bits per heavy atom. The Bertz CT molecular complexity index is 1300. The van der Waals surface area contributed by atoms with E-state index in [2.05, 4.69) is 15.2 Å². The summed E-state index contributed by atoms with van der Waals surface area (Å²) in [5.41, 5.74) is 1.76. The van der Waals surface area contributed by atoms with Crippen molar-refractivity contribution in [2.24, 2.45) is 0 Å². The molecular weight excluding hydrogens is 507 g/mol. The third-order valence-electron chi connectivity index (χ3n) is 5.45. The summed E-state index contributed by atoms with van der Waals surface area (Å²) in [6.07, 6.45) is -3.39. The maximum absolute atomic E-state index is 13.2. The molecule has 0 saturated heterocycles. The number of esters is 1. The van der Waals surface area contributed by atoms with Gasteiger partial charge in [-0.25, -0.2) is 14.3 Å². The number of rotatable bonds is 11. The minimum Gasteiger partial charge on any atom is -0.478 e. The highest BCUT2D eigenvalue weighted by Gasteiger charge is 2.32. The summed E-state index contributed by atoms with van der Waals surface area (Å²) in [7, 11) is 1.14. The zero-order valence-electron chi connectivity index (χ0n) is 20.7. The number of carboxylic acid groups (broad SMARTS) is 1. The predicted octanol–water partition coefficient (Wildman–Crippen LogP) is 4.49. The van der Waals surface area contributed by atoms with E-state index in [-0.39, 0.29) is 23.4 Å². The molecule has 2 N–H and O–H groups in total. The van der Waals surface area contributed by atoms with Gasteiger partial charge in [-0.1, -0.05) is 37.6 Å². The molecule has 0 unspecified atom stereocenters. The highest BCUT2D eigenvalue weighted by molar-refractivity contribution is 6.10. The first kappa shape index (κ1) is 28.2. The SMILES string of the molecule is CCCc1nn(CC(F)(F)F)c(OCC(=O)OC)c1Cc1ccc(NC(=O)c2ccccc2C(=O)O)cc1. The number of carboxylic acids is 1. The standard InChI is InChI=1S/C26H26F3N3O6/c1-3-6-21-20(24(38-14-22(33)37-2)32(31-21)15-26(27,28)29)13-16-9-11-17(12-10-16)30-23(34)18-7-4-5-8-19(18)25(35)36/h4-5,7-12H,3,6,13-15H2,1-2H3,(H,30,34)(H,35,36). The van der Waals surface area contributed by atoms with Gasteiger partial charge in [-0.3, -0.25) is 4.79 Å². The van der Waals surface area contributed by atoms with E-state index in [0.29, 0.717) is 40.0 Å². The molecule has 1 amide bonds. The lowest BCUT2D eigenvalue weighted by molar-refractivity contribution is -0.145. The second kappa shape index (κ2) is 12.3. The van der Waals surface area contributed by atoms with Gasteiger partial charge in [0.2, 0.25) is 5.88 Å². The number of anilines is 1. The highest BCUT2D eigenvalue weighted by Crippen LogP contribution is 2.30. The minimum atomic E-state index is -4.56. The van der Waals surface area contributed by atoms with E-state index in [1.807, 2.05) is 6.92 Å². The van der Waals surface area contributed by atoms with Crippen LogP contribution in [0.4, 0.5) is 18.9 Å². The van der Waals surface area contributed by atoms with E-state index in [4.69, 9.17) is 4.74 Å². The van der Waals surface area contributed by atoms with Crippen molar-refractivity contribution in [2.75, 3.05) is 19.0 Å². The molecule has 0 aliphatic rings. The number of ether oxygens (including phenoxy) is 2. The lowest BCUT2D eigenvalue weighted by Gasteiger charge is -2.13. The van der Waals surface area contributed by atoms with Crippen LogP contribution in [0.25, 0.3) is 0 Å². The second-order valence-corrected chi connectivity index (χ2v) is 8.30. The van der Waals surface area contributed by atoms with Crippen LogP contribution in [0.5, 0.6) is 5.88 Å². The highest BCUT2D eigenvalue weighted by atomic mass is 19.4. The molecule has 12 heteroatoms. The lowest BCUT2D eigenvalue weighted by Crippen LogP contribution is -2.21. The maximum atomic E-state index is 13.2. The summed E-state index contributed by atoms with van der Waals surface area (Å²) in [5, 5.41) is 16.1. The second-order valence-electron chi connectivity index (χ2n) is 8.30. The van der Waals surface area contributed by atoms with Crippen LogP contribution in [0.3, 0.4) is 0 Å². The molecular formula is C26H26F3N3O6. The van der Waals surface area contributed by atoms with Crippen LogP contribution in [-0.4, -0.2) is 52.6 Å². The smallest absolute Gasteiger partial charge is 0.408 e. The fraction of sp³-hybridized carbons (Fsp3) is 0.308. The number of hydrogen-bond acceptors (Lipinski definition) is 6. The Labute approximate surface area is 216 Å². The monoisotopic (exact) mass is 533 g/mol. The molecule has 0 fully saturated rings. The van der Waals surface area contributed by atoms with Crippen molar-refractivity contribution in [2.45, 2.75) is 38.9 Å². The Hall–Kier alpha value is -4.35. The molecule has 0 aliphatic carbocycles. The maximum Gasteiger partial charge on any atom is 0.408 e. The molecule has 3 rings (SSSR count). The molecule has 9 nitrogen and oxygen atoms in total. The summed E-state index contributed by atoms with van der Waals surface area (Å²) in [4.78, 5) is 35.6. The molecule has 1 heterocycles. The first-order valence-corrected chi connectivity index (χ1v) is 11.6. The van der Waals surface area contributed by atoms with Crippen LogP contribution >= 0.6 is 0 Å². The van der Waals surface area contributed by atoms with Crippen LogP contribution in [0, 0.1) is 0 Å². The number of methoxy groups -OCH3 is 1. The van der Waals surface area contributed by atoms with Gasteiger partial charge >= 0.3 is 18.1 Å². The number of nitrogens with one attached hydrogen (secondary N) is 1. The van der Waals surface area contributed by atoms with Gasteiger partial charge in [0.15, 0.2) is 6.61 Å². The van der Waals surface area contributed by atoms with Crippen molar-refractivity contribution in [3.05, 3.63) is 76.5 Å². The molecule has 0 radical (unpaired) electrons. The molecule has 3 aromatic rings. The Kier molecular flexibility index (Phi) is 9.11. The van der Waals surface area contributed by atoms with Crippen molar-refractivity contribution in [3.63, 3.8) is 0 Å². The number of nitrogens with zero attached hydrogens (tertiary/aromatic N) is 2. The number of halogens is 3. The Balaban J connectivity index is 1.86. The van der Waals surface area contributed by atoms with Gasteiger partial charge < -0.3 is 19.9 Å². The third kappa shape index (κ3) is 7.34. The van der Waals surface area contributed by atoms with Crippen LogP contribution in [-0.2, 0) is 28.9 Å². The number of aryl methyl sites for hydroxylation is 1. The summed E-state index contributed by atoms with van der Waals surface area (Å²) in [5.74, 6) is -2.76. The van der Waals surface area contributed by atoms with Gasteiger partial charge in [0.1, 0.15) is 6.54 Å². The number of aromatic carboxylic acids is 1.